The minimum atomic E-state index is -3.28. The van der Waals surface area contributed by atoms with Crippen molar-refractivity contribution in [1.82, 2.24) is 9.78 Å². The number of aromatic nitrogens is 2. The molecule has 4 rings (SSSR count). The molecular formula is C23H23N3O6S. The third-order valence-electron chi connectivity index (χ3n) is 5.14. The van der Waals surface area contributed by atoms with Crippen LogP contribution in [0.4, 0.5) is 5.82 Å². The van der Waals surface area contributed by atoms with Gasteiger partial charge in [0, 0.05) is 11.6 Å². The monoisotopic (exact) mass is 469 g/mol. The summed E-state index contributed by atoms with van der Waals surface area (Å²) in [5.41, 5.74) is 2.33. The number of nitrogens with zero attached hydrogens (tertiary/aromatic N) is 2. The van der Waals surface area contributed by atoms with E-state index in [1.54, 1.807) is 22.9 Å². The molecule has 0 aliphatic carbocycles. The minimum absolute atomic E-state index is 0.147. The van der Waals surface area contributed by atoms with Crippen molar-refractivity contribution in [2.45, 2.75) is 11.5 Å². The molecule has 0 fully saturated rings. The van der Waals surface area contributed by atoms with E-state index >= 15 is 0 Å². The number of hydrogen-bond acceptors (Lipinski definition) is 7. The number of ether oxygens (including phenoxy) is 3. The summed E-state index contributed by atoms with van der Waals surface area (Å²) in [5, 5.41) is 7.24. The molecule has 0 bridgehead atoms. The molecule has 172 valence electrons. The molecule has 0 atom stereocenters. The normalized spacial score (nSPS) is 14.2. The average Bonchev–Trinajstić information content (AvgIpc) is 3.29. The predicted molar refractivity (Wildman–Crippen MR) is 124 cm³/mol. The van der Waals surface area contributed by atoms with Crippen molar-refractivity contribution in [2.24, 2.45) is 0 Å². The number of rotatable bonds is 7. The molecule has 1 amide bonds. The summed E-state index contributed by atoms with van der Waals surface area (Å²) in [7, 11) is 1.25. The van der Waals surface area contributed by atoms with Crippen molar-refractivity contribution in [3.05, 3.63) is 65.4 Å². The molecule has 0 saturated heterocycles. The van der Waals surface area contributed by atoms with Crippen molar-refractivity contribution in [2.75, 3.05) is 26.6 Å². The van der Waals surface area contributed by atoms with Gasteiger partial charge < -0.3 is 19.5 Å². The fraction of sp³-hybridized carbons (Fsp3) is 0.217. The van der Waals surface area contributed by atoms with Gasteiger partial charge in [-0.1, -0.05) is 18.2 Å². The molecule has 33 heavy (non-hydrogen) atoms. The molecule has 0 spiro atoms. The van der Waals surface area contributed by atoms with E-state index in [1.165, 1.54) is 27.4 Å². The highest BCUT2D eigenvalue weighted by molar-refractivity contribution is 7.90. The zero-order valence-electron chi connectivity index (χ0n) is 18.4. The number of sulfone groups is 1. The Morgan fingerprint density at radius 1 is 1.03 bits per heavy atom. The number of amides is 1. The van der Waals surface area contributed by atoms with Crippen molar-refractivity contribution >= 4 is 27.6 Å². The van der Waals surface area contributed by atoms with Gasteiger partial charge in [-0.25, -0.2) is 13.1 Å². The largest absolute Gasteiger partial charge is 0.493 e. The van der Waals surface area contributed by atoms with E-state index in [2.05, 4.69) is 10.4 Å². The second kappa shape index (κ2) is 8.99. The van der Waals surface area contributed by atoms with Gasteiger partial charge in [0.05, 0.1) is 44.2 Å². The zero-order chi connectivity index (χ0) is 23.6. The van der Waals surface area contributed by atoms with Gasteiger partial charge >= 0.3 is 0 Å². The lowest BCUT2D eigenvalue weighted by Crippen LogP contribution is -2.14. The van der Waals surface area contributed by atoms with Gasteiger partial charge in [-0.3, -0.25) is 4.79 Å². The second-order valence-corrected chi connectivity index (χ2v) is 9.40. The van der Waals surface area contributed by atoms with Crippen molar-refractivity contribution in [3.8, 4) is 22.9 Å². The van der Waals surface area contributed by atoms with E-state index in [-0.39, 0.29) is 11.5 Å². The fourth-order valence-corrected chi connectivity index (χ4v) is 5.15. The molecule has 2 aromatic carbocycles. The molecule has 0 unspecified atom stereocenters. The predicted octanol–water partition coefficient (Wildman–Crippen LogP) is 2.98. The Kier molecular flexibility index (Phi) is 6.10. The summed E-state index contributed by atoms with van der Waals surface area (Å²) in [5.74, 6) is 0.965. The molecule has 0 radical (unpaired) electrons. The maximum Gasteiger partial charge on any atom is 0.249 e. The number of anilines is 1. The van der Waals surface area contributed by atoms with Crippen molar-refractivity contribution in [3.63, 3.8) is 0 Å². The van der Waals surface area contributed by atoms with Gasteiger partial charge in [-0.15, -0.1) is 0 Å². The van der Waals surface area contributed by atoms with Crippen LogP contribution in [0.5, 0.6) is 17.2 Å². The first-order valence-corrected chi connectivity index (χ1v) is 11.8. The van der Waals surface area contributed by atoms with Crippen LogP contribution in [0.1, 0.15) is 16.8 Å². The summed E-state index contributed by atoms with van der Waals surface area (Å²) in [6.07, 6.45) is 2.94. The van der Waals surface area contributed by atoms with E-state index in [4.69, 9.17) is 14.2 Å². The number of fused-ring (bicyclic) bond motifs is 1. The van der Waals surface area contributed by atoms with Crippen LogP contribution in [0, 0.1) is 0 Å². The maximum atomic E-state index is 12.8. The van der Waals surface area contributed by atoms with Crippen LogP contribution in [0.2, 0.25) is 0 Å². The zero-order valence-corrected chi connectivity index (χ0v) is 19.2. The average molecular weight is 470 g/mol. The standard InChI is InChI=1S/C23H23N3O6S/c1-30-19-11-15(12-20(31-2)22(19)32-3)9-10-21(27)24-23-17-13-33(28,29)14-18(17)25-26(23)16-7-5-4-6-8-16/h4-12H,13-14H2,1-3H3,(H,24,27)/b10-9-. The van der Waals surface area contributed by atoms with Crippen molar-refractivity contribution in [1.29, 1.82) is 0 Å². The Morgan fingerprint density at radius 3 is 2.30 bits per heavy atom. The maximum absolute atomic E-state index is 12.8. The number of benzene rings is 2. The number of carbonyl (C=O) groups is 1. The summed E-state index contributed by atoms with van der Waals surface area (Å²) < 4.78 is 41.8. The topological polar surface area (TPSA) is 109 Å². The van der Waals surface area contributed by atoms with E-state index in [0.717, 1.165) is 0 Å². The van der Waals surface area contributed by atoms with Gasteiger partial charge in [-0.2, -0.15) is 5.10 Å². The van der Waals surface area contributed by atoms with Crippen LogP contribution in [0.25, 0.3) is 11.8 Å². The number of para-hydroxylation sites is 1. The first-order chi connectivity index (χ1) is 15.8. The van der Waals surface area contributed by atoms with Crippen LogP contribution in [0.3, 0.4) is 0 Å². The van der Waals surface area contributed by atoms with Gasteiger partial charge in [0.15, 0.2) is 21.3 Å². The van der Waals surface area contributed by atoms with Gasteiger partial charge in [0.25, 0.3) is 0 Å². The smallest absolute Gasteiger partial charge is 0.249 e. The van der Waals surface area contributed by atoms with Gasteiger partial charge in [-0.05, 0) is 35.9 Å². The number of hydrogen-bond donors (Lipinski definition) is 1. The first kappa shape index (κ1) is 22.4. The van der Waals surface area contributed by atoms with Crippen LogP contribution in [-0.2, 0) is 26.1 Å². The number of methoxy groups -OCH3 is 3. The Balaban J connectivity index is 1.64. The molecule has 10 heteroatoms. The van der Waals surface area contributed by atoms with E-state index in [1.807, 2.05) is 30.3 Å². The molecule has 3 aromatic rings. The summed E-state index contributed by atoms with van der Waals surface area (Å²) >= 11 is 0. The molecule has 0 saturated carbocycles. The Labute approximate surface area is 191 Å². The van der Waals surface area contributed by atoms with Crippen molar-refractivity contribution < 1.29 is 27.4 Å². The molecule has 9 nitrogen and oxygen atoms in total. The third-order valence-corrected chi connectivity index (χ3v) is 6.59. The van der Waals surface area contributed by atoms with Crippen LogP contribution >= 0.6 is 0 Å². The summed E-state index contributed by atoms with van der Waals surface area (Å²) in [4.78, 5) is 12.8. The molecule has 1 aliphatic rings. The number of nitrogens with one attached hydrogen (secondary N) is 1. The molecule has 1 aromatic heterocycles. The lowest BCUT2D eigenvalue weighted by atomic mass is 10.1. The summed E-state index contributed by atoms with van der Waals surface area (Å²) in [6, 6.07) is 12.6. The third kappa shape index (κ3) is 4.56. The Morgan fingerprint density at radius 2 is 1.70 bits per heavy atom. The minimum Gasteiger partial charge on any atom is -0.493 e. The van der Waals surface area contributed by atoms with E-state index < -0.39 is 15.7 Å². The van der Waals surface area contributed by atoms with Gasteiger partial charge in [0.1, 0.15) is 5.82 Å². The van der Waals surface area contributed by atoms with E-state index in [9.17, 15) is 13.2 Å². The first-order valence-electron chi connectivity index (χ1n) is 10.0. The highest BCUT2D eigenvalue weighted by Gasteiger charge is 2.33. The SMILES string of the molecule is COc1cc(/C=C\C(=O)Nc2c3c(nn2-c2ccccc2)CS(=O)(=O)C3)cc(OC)c1OC. The molecule has 1 aliphatic heterocycles. The fourth-order valence-electron chi connectivity index (χ4n) is 3.65. The number of carbonyl (C=O) groups excluding carboxylic acids is 1. The lowest BCUT2D eigenvalue weighted by Gasteiger charge is -2.13. The summed E-state index contributed by atoms with van der Waals surface area (Å²) in [6.45, 7) is 0. The lowest BCUT2D eigenvalue weighted by molar-refractivity contribution is -0.111. The molecule has 1 N–H and O–H groups in total. The van der Waals surface area contributed by atoms with Crippen LogP contribution in [0.15, 0.2) is 48.5 Å². The second-order valence-electron chi connectivity index (χ2n) is 7.33. The Bertz CT molecular complexity index is 1300. The van der Waals surface area contributed by atoms with E-state index in [0.29, 0.717) is 45.6 Å². The van der Waals surface area contributed by atoms with Crippen LogP contribution in [-0.4, -0.2) is 45.4 Å². The Hall–Kier alpha value is -3.79. The quantitative estimate of drug-likeness (QED) is 0.530. The van der Waals surface area contributed by atoms with Gasteiger partial charge in [0.2, 0.25) is 11.7 Å². The van der Waals surface area contributed by atoms with Crippen LogP contribution < -0.4 is 19.5 Å². The highest BCUT2D eigenvalue weighted by Crippen LogP contribution is 2.38. The molecule has 2 heterocycles. The highest BCUT2D eigenvalue weighted by atomic mass is 32.2. The molecular weight excluding hydrogens is 446 g/mol.